The molecule has 0 aromatic heterocycles. The first-order valence-electron chi connectivity index (χ1n) is 4.19. The van der Waals surface area contributed by atoms with Crippen molar-refractivity contribution in [2.45, 2.75) is 13.3 Å². The van der Waals surface area contributed by atoms with Crippen molar-refractivity contribution in [2.24, 2.45) is 0 Å². The van der Waals surface area contributed by atoms with Crippen LogP contribution in [0.1, 0.15) is 22.8 Å². The van der Waals surface area contributed by atoms with E-state index in [9.17, 15) is 9.90 Å². The molecule has 1 aromatic carbocycles. The molecule has 0 aliphatic rings. The molecule has 0 fully saturated rings. The van der Waals surface area contributed by atoms with E-state index >= 15 is 0 Å². The number of benzene rings is 1. The molecule has 14 heavy (non-hydrogen) atoms. The summed E-state index contributed by atoms with van der Waals surface area (Å²) in [6.45, 7) is 2.05. The second kappa shape index (κ2) is 6.82. The average Bonchev–Trinajstić information content (AvgIpc) is 2.18. The molecule has 0 heterocycles. The fourth-order valence-electron chi connectivity index (χ4n) is 1.06. The minimum absolute atomic E-state index is 0. The number of carbonyl (C=O) groups excluding carboxylic acids is 1. The van der Waals surface area contributed by atoms with E-state index in [-0.39, 0.29) is 35.3 Å². The summed E-state index contributed by atoms with van der Waals surface area (Å²) in [5, 5.41) is 10.0. The summed E-state index contributed by atoms with van der Waals surface area (Å²) in [6, 6.07) is 7.26. The van der Waals surface area contributed by atoms with Crippen LogP contribution in [0.2, 0.25) is 0 Å². The van der Waals surface area contributed by atoms with Crippen molar-refractivity contribution in [3.8, 4) is 0 Å². The zero-order valence-corrected chi connectivity index (χ0v) is 10.5. The van der Waals surface area contributed by atoms with Crippen LogP contribution in [0, 0.1) is 0 Å². The summed E-state index contributed by atoms with van der Waals surface area (Å²) >= 11 is 0. The van der Waals surface area contributed by atoms with Gasteiger partial charge in [-0.3, -0.25) is 4.79 Å². The van der Waals surface area contributed by atoms with Crippen LogP contribution in [0.3, 0.4) is 0 Å². The van der Waals surface area contributed by atoms with Crippen LogP contribution in [-0.2, 0) is 6.42 Å². The molecule has 0 radical (unpaired) electrons. The van der Waals surface area contributed by atoms with Crippen molar-refractivity contribution in [3.05, 3.63) is 47.7 Å². The first-order valence-corrected chi connectivity index (χ1v) is 4.19. The Morgan fingerprint density at radius 2 is 1.93 bits per heavy atom. The van der Waals surface area contributed by atoms with Gasteiger partial charge in [0.2, 0.25) is 0 Å². The average molecular weight is 198 g/mol. The number of aryl methyl sites for hydroxylation is 1. The van der Waals surface area contributed by atoms with E-state index in [0.717, 1.165) is 12.5 Å². The van der Waals surface area contributed by atoms with E-state index in [1.54, 1.807) is 12.1 Å². The van der Waals surface area contributed by atoms with Crippen molar-refractivity contribution in [2.75, 3.05) is 0 Å². The third-order valence-corrected chi connectivity index (χ3v) is 1.87. The SMILES string of the molecule is CCc1ccc(C(=O)/C=C/[O-])cc1.[Na+]. The molecular formula is C11H11NaO2. The molecule has 1 rings (SSSR count). The van der Waals surface area contributed by atoms with Gasteiger partial charge in [0.1, 0.15) is 0 Å². The van der Waals surface area contributed by atoms with Crippen molar-refractivity contribution >= 4 is 5.78 Å². The van der Waals surface area contributed by atoms with Gasteiger partial charge in [0.05, 0.1) is 0 Å². The van der Waals surface area contributed by atoms with Gasteiger partial charge in [-0.2, -0.15) is 0 Å². The number of ketones is 1. The Kier molecular flexibility index (Phi) is 6.54. The van der Waals surface area contributed by atoms with E-state index in [4.69, 9.17) is 0 Å². The Balaban J connectivity index is 0.00000169. The zero-order valence-electron chi connectivity index (χ0n) is 8.49. The van der Waals surface area contributed by atoms with Gasteiger partial charge in [-0.1, -0.05) is 31.2 Å². The molecule has 3 heteroatoms. The number of hydrogen-bond donors (Lipinski definition) is 0. The maximum atomic E-state index is 11.2. The largest absolute Gasteiger partial charge is 1.00 e. The first kappa shape index (κ1) is 13.4. The second-order valence-electron chi connectivity index (χ2n) is 2.72. The molecule has 1 aromatic rings. The van der Waals surface area contributed by atoms with Gasteiger partial charge in [0.15, 0.2) is 5.78 Å². The van der Waals surface area contributed by atoms with E-state index in [1.165, 1.54) is 5.56 Å². The molecule has 0 spiro atoms. The van der Waals surface area contributed by atoms with Gasteiger partial charge < -0.3 is 5.11 Å². The molecule has 0 N–H and O–H groups in total. The number of carbonyl (C=O) groups is 1. The van der Waals surface area contributed by atoms with Gasteiger partial charge in [0.25, 0.3) is 0 Å². The maximum Gasteiger partial charge on any atom is 1.00 e. The van der Waals surface area contributed by atoms with Gasteiger partial charge in [-0.25, -0.2) is 0 Å². The Morgan fingerprint density at radius 1 is 1.36 bits per heavy atom. The Labute approximate surface area is 106 Å². The molecule has 0 saturated carbocycles. The second-order valence-corrected chi connectivity index (χ2v) is 2.72. The van der Waals surface area contributed by atoms with Gasteiger partial charge in [-0.15, -0.1) is 6.26 Å². The van der Waals surface area contributed by atoms with Crippen LogP contribution in [0.25, 0.3) is 0 Å². The minimum Gasteiger partial charge on any atom is -0.878 e. The summed E-state index contributed by atoms with van der Waals surface area (Å²) in [5.41, 5.74) is 1.74. The molecule has 68 valence electrons. The quantitative estimate of drug-likeness (QED) is 0.252. The van der Waals surface area contributed by atoms with E-state index in [1.807, 2.05) is 19.1 Å². The van der Waals surface area contributed by atoms with Crippen LogP contribution in [0.15, 0.2) is 36.6 Å². The minimum atomic E-state index is -0.238. The van der Waals surface area contributed by atoms with Crippen LogP contribution >= 0.6 is 0 Å². The zero-order chi connectivity index (χ0) is 9.68. The normalized spacial score (nSPS) is 9.79. The molecule has 0 aliphatic heterocycles. The predicted octanol–water partition coefficient (Wildman–Crippen LogP) is -1.69. The van der Waals surface area contributed by atoms with Gasteiger partial charge >= 0.3 is 29.6 Å². The monoisotopic (exact) mass is 198 g/mol. The number of allylic oxidation sites excluding steroid dienone is 1. The van der Waals surface area contributed by atoms with Crippen LogP contribution in [-0.4, -0.2) is 5.78 Å². The molecule has 0 atom stereocenters. The van der Waals surface area contributed by atoms with Crippen molar-refractivity contribution in [3.63, 3.8) is 0 Å². The maximum absolute atomic E-state index is 11.2. The Hall–Kier alpha value is -0.570. The van der Waals surface area contributed by atoms with E-state index in [2.05, 4.69) is 0 Å². The smallest absolute Gasteiger partial charge is 0.878 e. The molecule has 0 unspecified atom stereocenters. The summed E-state index contributed by atoms with van der Waals surface area (Å²) < 4.78 is 0. The van der Waals surface area contributed by atoms with Gasteiger partial charge in [0, 0.05) is 5.56 Å². The Morgan fingerprint density at radius 3 is 2.36 bits per heavy atom. The fourth-order valence-corrected chi connectivity index (χ4v) is 1.06. The molecule has 0 aliphatic carbocycles. The van der Waals surface area contributed by atoms with Crippen LogP contribution in [0.4, 0.5) is 0 Å². The topological polar surface area (TPSA) is 40.1 Å². The van der Waals surface area contributed by atoms with Crippen molar-refractivity contribution in [1.29, 1.82) is 0 Å². The van der Waals surface area contributed by atoms with Crippen molar-refractivity contribution < 1.29 is 39.5 Å². The number of rotatable bonds is 3. The predicted molar refractivity (Wildman–Crippen MR) is 49.3 cm³/mol. The molecule has 0 amide bonds. The molecule has 0 bridgehead atoms. The summed E-state index contributed by atoms with van der Waals surface area (Å²) in [6.07, 6.45) is 2.49. The molecule has 0 saturated heterocycles. The standard InChI is InChI=1S/C11H12O2.Na/c1-2-9-3-5-10(6-4-9)11(13)7-8-12;/h3-8,12H,2H2,1H3;/q;+1/p-1/b8-7+;. The third-order valence-electron chi connectivity index (χ3n) is 1.87. The Bertz CT molecular complexity index is 315. The van der Waals surface area contributed by atoms with Crippen LogP contribution in [0.5, 0.6) is 0 Å². The van der Waals surface area contributed by atoms with Crippen molar-refractivity contribution in [1.82, 2.24) is 0 Å². The number of hydrogen-bond acceptors (Lipinski definition) is 2. The summed E-state index contributed by atoms with van der Waals surface area (Å²) in [4.78, 5) is 11.2. The first-order chi connectivity index (χ1) is 6.27. The fraction of sp³-hybridized carbons (Fsp3) is 0.182. The third kappa shape index (κ3) is 3.66. The van der Waals surface area contributed by atoms with Gasteiger partial charge in [-0.05, 0) is 18.1 Å². The van der Waals surface area contributed by atoms with Crippen LogP contribution < -0.4 is 34.7 Å². The summed E-state index contributed by atoms with van der Waals surface area (Å²) in [7, 11) is 0. The molecule has 2 nitrogen and oxygen atoms in total. The summed E-state index contributed by atoms with van der Waals surface area (Å²) in [5.74, 6) is -0.238. The van der Waals surface area contributed by atoms with E-state index in [0.29, 0.717) is 11.8 Å². The molecular weight excluding hydrogens is 187 g/mol. The van der Waals surface area contributed by atoms with E-state index < -0.39 is 0 Å².